The molecule has 1 aliphatic carbocycles. The van der Waals surface area contributed by atoms with Gasteiger partial charge in [0.2, 0.25) is 0 Å². The van der Waals surface area contributed by atoms with Gasteiger partial charge in [0.25, 0.3) is 5.91 Å². The average molecular weight is 401 g/mol. The summed E-state index contributed by atoms with van der Waals surface area (Å²) < 4.78 is 9.78. The van der Waals surface area contributed by atoms with Gasteiger partial charge in [0.15, 0.2) is 6.61 Å². The highest BCUT2D eigenvalue weighted by atomic mass is 32.1. The lowest BCUT2D eigenvalue weighted by molar-refractivity contribution is -0.119. The van der Waals surface area contributed by atoms with E-state index in [0.717, 1.165) is 25.7 Å². The van der Waals surface area contributed by atoms with Crippen LogP contribution < -0.4 is 5.32 Å². The van der Waals surface area contributed by atoms with Crippen molar-refractivity contribution in [2.24, 2.45) is 5.92 Å². The fourth-order valence-corrected chi connectivity index (χ4v) is 4.36. The number of thiophene rings is 1. The van der Waals surface area contributed by atoms with Gasteiger partial charge in [-0.05, 0) is 61.1 Å². The summed E-state index contributed by atoms with van der Waals surface area (Å²) in [7, 11) is 1.30. The number of benzene rings is 1. The number of esters is 2. The molecule has 0 bridgehead atoms. The highest BCUT2D eigenvalue weighted by molar-refractivity contribution is 7.14. The Balaban J connectivity index is 1.51. The third-order valence-electron chi connectivity index (χ3n) is 4.89. The molecule has 1 aromatic carbocycles. The SMILES string of the molecule is CC[C@@H]1CCc2sc(C(=O)OCC(=O)Nc3ccc(C(=O)OC)cc3)cc2C1. The van der Waals surface area contributed by atoms with E-state index in [4.69, 9.17) is 4.74 Å². The van der Waals surface area contributed by atoms with Crippen molar-refractivity contribution in [3.63, 3.8) is 0 Å². The van der Waals surface area contributed by atoms with Gasteiger partial charge < -0.3 is 14.8 Å². The molecule has 1 heterocycles. The number of rotatable bonds is 6. The van der Waals surface area contributed by atoms with E-state index < -0.39 is 17.8 Å². The minimum Gasteiger partial charge on any atom is -0.465 e. The van der Waals surface area contributed by atoms with Crippen molar-refractivity contribution in [3.8, 4) is 0 Å². The first-order valence-electron chi connectivity index (χ1n) is 9.27. The summed E-state index contributed by atoms with van der Waals surface area (Å²) in [4.78, 5) is 37.5. The molecule has 0 fully saturated rings. The summed E-state index contributed by atoms with van der Waals surface area (Å²) in [5, 5.41) is 2.63. The minimum atomic E-state index is -0.469. The second-order valence-electron chi connectivity index (χ2n) is 6.77. The molecule has 1 aliphatic rings. The summed E-state index contributed by atoms with van der Waals surface area (Å²) >= 11 is 1.47. The largest absolute Gasteiger partial charge is 0.465 e. The smallest absolute Gasteiger partial charge is 0.348 e. The first-order valence-corrected chi connectivity index (χ1v) is 10.1. The molecule has 0 aliphatic heterocycles. The maximum absolute atomic E-state index is 12.3. The third-order valence-corrected chi connectivity index (χ3v) is 6.10. The van der Waals surface area contributed by atoms with Gasteiger partial charge in [-0.1, -0.05) is 13.3 Å². The maximum Gasteiger partial charge on any atom is 0.348 e. The van der Waals surface area contributed by atoms with Crippen molar-refractivity contribution >= 4 is 34.9 Å². The molecule has 0 saturated carbocycles. The van der Waals surface area contributed by atoms with Gasteiger partial charge >= 0.3 is 11.9 Å². The Morgan fingerprint density at radius 2 is 1.93 bits per heavy atom. The van der Waals surface area contributed by atoms with E-state index in [2.05, 4.69) is 17.0 Å². The van der Waals surface area contributed by atoms with Crippen molar-refractivity contribution in [2.75, 3.05) is 19.0 Å². The quantitative estimate of drug-likeness (QED) is 0.744. The van der Waals surface area contributed by atoms with E-state index in [-0.39, 0.29) is 6.61 Å². The number of hydrogen-bond donors (Lipinski definition) is 1. The first-order chi connectivity index (χ1) is 13.5. The number of anilines is 1. The van der Waals surface area contributed by atoms with Crippen molar-refractivity contribution in [1.29, 1.82) is 0 Å². The van der Waals surface area contributed by atoms with Crippen LogP contribution in [-0.2, 0) is 27.1 Å². The summed E-state index contributed by atoms with van der Waals surface area (Å²) in [5.41, 5.74) is 2.13. The van der Waals surface area contributed by atoms with Crippen LogP contribution in [-0.4, -0.2) is 31.6 Å². The Labute approximate surface area is 167 Å². The molecular weight excluding hydrogens is 378 g/mol. The number of aryl methyl sites for hydroxylation is 1. The van der Waals surface area contributed by atoms with Crippen LogP contribution in [0, 0.1) is 5.92 Å². The molecular formula is C21H23NO5S. The molecule has 0 radical (unpaired) electrons. The molecule has 0 saturated heterocycles. The number of methoxy groups -OCH3 is 1. The highest BCUT2D eigenvalue weighted by Gasteiger charge is 2.23. The number of nitrogens with one attached hydrogen (secondary N) is 1. The second-order valence-corrected chi connectivity index (χ2v) is 7.91. The Hall–Kier alpha value is -2.67. The number of carbonyl (C=O) groups excluding carboxylic acids is 3. The standard InChI is InChI=1S/C21H23NO5S/c1-3-13-4-9-17-15(10-13)11-18(28-17)21(25)27-12-19(23)22-16-7-5-14(6-8-16)20(24)26-2/h5-8,11,13H,3-4,9-10,12H2,1-2H3,(H,22,23)/t13-/m1/s1. The van der Waals surface area contributed by atoms with Crippen LogP contribution >= 0.6 is 11.3 Å². The molecule has 3 rings (SSSR count). The number of ether oxygens (including phenoxy) is 2. The van der Waals surface area contributed by atoms with Crippen LogP contribution in [0.4, 0.5) is 5.69 Å². The molecule has 28 heavy (non-hydrogen) atoms. The normalized spacial score (nSPS) is 15.4. The molecule has 7 heteroatoms. The van der Waals surface area contributed by atoms with Crippen LogP contribution in [0.1, 0.15) is 50.2 Å². The zero-order chi connectivity index (χ0) is 20.1. The molecule has 148 valence electrons. The number of amides is 1. The van der Waals surface area contributed by atoms with Crippen molar-refractivity contribution in [2.45, 2.75) is 32.6 Å². The number of fused-ring (bicyclic) bond motifs is 1. The summed E-state index contributed by atoms with van der Waals surface area (Å²) in [6, 6.07) is 8.18. The fourth-order valence-electron chi connectivity index (χ4n) is 3.25. The van der Waals surface area contributed by atoms with Gasteiger partial charge in [-0.2, -0.15) is 0 Å². The van der Waals surface area contributed by atoms with E-state index in [9.17, 15) is 14.4 Å². The fraction of sp³-hybridized carbons (Fsp3) is 0.381. The molecule has 2 aromatic rings. The average Bonchev–Trinajstić information content (AvgIpc) is 3.15. The van der Waals surface area contributed by atoms with Crippen LogP contribution in [0.25, 0.3) is 0 Å². The monoisotopic (exact) mass is 401 g/mol. The molecule has 1 atom stereocenters. The van der Waals surface area contributed by atoms with Gasteiger partial charge in [-0.25, -0.2) is 9.59 Å². The van der Waals surface area contributed by atoms with Crippen molar-refractivity contribution in [1.82, 2.24) is 0 Å². The minimum absolute atomic E-state index is 0.363. The molecule has 6 nitrogen and oxygen atoms in total. The summed E-state index contributed by atoms with van der Waals surface area (Å²) in [6.07, 6.45) is 4.33. The Bertz CT molecular complexity index is 871. The summed E-state index contributed by atoms with van der Waals surface area (Å²) in [6.45, 7) is 1.83. The zero-order valence-corrected chi connectivity index (χ0v) is 16.8. The molecule has 1 amide bonds. The first kappa shape index (κ1) is 20.1. The maximum atomic E-state index is 12.3. The van der Waals surface area contributed by atoms with E-state index >= 15 is 0 Å². The zero-order valence-electron chi connectivity index (χ0n) is 15.9. The Kier molecular flexibility index (Phi) is 6.46. The molecule has 1 aromatic heterocycles. The van der Waals surface area contributed by atoms with Crippen LogP contribution in [0.2, 0.25) is 0 Å². The van der Waals surface area contributed by atoms with Crippen LogP contribution in [0.5, 0.6) is 0 Å². The molecule has 1 N–H and O–H groups in total. The van der Waals surface area contributed by atoms with Crippen molar-refractivity contribution in [3.05, 3.63) is 51.2 Å². The lowest BCUT2D eigenvalue weighted by Crippen LogP contribution is -2.20. The molecule has 0 spiro atoms. The predicted octanol–water partition coefficient (Wildman–Crippen LogP) is 3.85. The number of hydrogen-bond acceptors (Lipinski definition) is 6. The lowest BCUT2D eigenvalue weighted by atomic mass is 9.87. The van der Waals surface area contributed by atoms with Gasteiger partial charge in [0.05, 0.1) is 12.7 Å². The van der Waals surface area contributed by atoms with Crippen molar-refractivity contribution < 1.29 is 23.9 Å². The van der Waals surface area contributed by atoms with Crippen LogP contribution in [0.3, 0.4) is 0 Å². The third kappa shape index (κ3) is 4.78. The predicted molar refractivity (Wildman–Crippen MR) is 107 cm³/mol. The van der Waals surface area contributed by atoms with Gasteiger partial charge in [0.1, 0.15) is 4.88 Å². The van der Waals surface area contributed by atoms with E-state index in [1.807, 2.05) is 6.07 Å². The van der Waals surface area contributed by atoms with E-state index in [0.29, 0.717) is 22.0 Å². The van der Waals surface area contributed by atoms with E-state index in [1.54, 1.807) is 24.3 Å². The van der Waals surface area contributed by atoms with Gasteiger partial charge in [-0.15, -0.1) is 11.3 Å². The Morgan fingerprint density at radius 3 is 2.61 bits per heavy atom. The summed E-state index contributed by atoms with van der Waals surface area (Å²) in [5.74, 6) is -0.673. The van der Waals surface area contributed by atoms with Crippen LogP contribution in [0.15, 0.2) is 30.3 Å². The van der Waals surface area contributed by atoms with Gasteiger partial charge in [-0.3, -0.25) is 4.79 Å². The topological polar surface area (TPSA) is 81.7 Å². The number of carbonyl (C=O) groups is 3. The molecule has 0 unspecified atom stereocenters. The van der Waals surface area contributed by atoms with Gasteiger partial charge in [0, 0.05) is 10.6 Å². The Morgan fingerprint density at radius 1 is 1.18 bits per heavy atom. The lowest BCUT2D eigenvalue weighted by Gasteiger charge is -2.19. The van der Waals surface area contributed by atoms with E-state index in [1.165, 1.54) is 28.9 Å². The second kappa shape index (κ2) is 9.01. The highest BCUT2D eigenvalue weighted by Crippen LogP contribution is 2.33.